The summed E-state index contributed by atoms with van der Waals surface area (Å²) >= 11 is 0. The normalized spacial score (nSPS) is 22.6. The van der Waals surface area contributed by atoms with Gasteiger partial charge in [-0.15, -0.1) is 0 Å². The molecule has 0 radical (unpaired) electrons. The predicted octanol–water partition coefficient (Wildman–Crippen LogP) is 0.327. The Balaban J connectivity index is 2.30. The summed E-state index contributed by atoms with van der Waals surface area (Å²) in [5.41, 5.74) is -0.0885. The number of hydrogen-bond acceptors (Lipinski definition) is 2. The van der Waals surface area contributed by atoms with Crippen LogP contribution < -0.4 is 5.32 Å². The molecule has 0 spiro atoms. The van der Waals surface area contributed by atoms with Crippen LogP contribution in [0.4, 0.5) is 0 Å². The molecule has 0 unspecified atom stereocenters. The van der Waals surface area contributed by atoms with Gasteiger partial charge in [0.15, 0.2) is 0 Å². The van der Waals surface area contributed by atoms with E-state index >= 15 is 0 Å². The minimum atomic E-state index is -0.0885. The van der Waals surface area contributed by atoms with Crippen molar-refractivity contribution in [1.82, 2.24) is 5.32 Å². The zero-order valence-corrected chi connectivity index (χ0v) is 5.11. The van der Waals surface area contributed by atoms with Gasteiger partial charge in [-0.05, 0) is 19.4 Å². The van der Waals surface area contributed by atoms with Crippen molar-refractivity contribution in [3.63, 3.8) is 0 Å². The molecule has 0 bridgehead atoms. The van der Waals surface area contributed by atoms with Gasteiger partial charge < -0.3 is 10.1 Å². The fourth-order valence-corrected chi connectivity index (χ4v) is 0.823. The van der Waals surface area contributed by atoms with Gasteiger partial charge in [0.2, 0.25) is 0 Å². The van der Waals surface area contributed by atoms with Gasteiger partial charge in [-0.25, -0.2) is 0 Å². The van der Waals surface area contributed by atoms with Crippen molar-refractivity contribution in [2.45, 2.75) is 25.3 Å². The molecule has 0 atom stereocenters. The van der Waals surface area contributed by atoms with Gasteiger partial charge >= 0.3 is 0 Å². The minimum Gasteiger partial charge on any atom is -0.305 e. The van der Waals surface area contributed by atoms with Crippen molar-refractivity contribution in [1.29, 1.82) is 0 Å². The first-order chi connectivity index (χ1) is 3.83. The third-order valence-corrected chi connectivity index (χ3v) is 1.54. The standard InChI is InChI=1S/C6H11NO/c1-2-7-6(5-8)3-4-6/h5,7H,2-4H2,1H3. The maximum absolute atomic E-state index is 10.2. The molecule has 2 heteroatoms. The maximum Gasteiger partial charge on any atom is 0.140 e. The molecular weight excluding hydrogens is 102 g/mol. The number of likely N-dealkylation sites (N-methyl/N-ethyl adjacent to an activating group) is 1. The quantitative estimate of drug-likeness (QED) is 0.534. The molecule has 0 aliphatic heterocycles. The molecule has 0 heterocycles. The van der Waals surface area contributed by atoms with Crippen LogP contribution >= 0.6 is 0 Å². The third-order valence-electron chi connectivity index (χ3n) is 1.54. The van der Waals surface area contributed by atoms with E-state index in [1.807, 2.05) is 6.92 Å². The van der Waals surface area contributed by atoms with Gasteiger partial charge in [0.05, 0.1) is 5.54 Å². The molecule has 0 saturated heterocycles. The van der Waals surface area contributed by atoms with Gasteiger partial charge in [0, 0.05) is 0 Å². The Labute approximate surface area is 49.3 Å². The molecule has 1 aliphatic carbocycles. The van der Waals surface area contributed by atoms with Crippen LogP contribution in [0.3, 0.4) is 0 Å². The summed E-state index contributed by atoms with van der Waals surface area (Å²) in [4.78, 5) is 10.2. The van der Waals surface area contributed by atoms with E-state index in [4.69, 9.17) is 0 Å². The second-order valence-corrected chi connectivity index (χ2v) is 2.30. The number of carbonyl (C=O) groups excluding carboxylic acids is 1. The van der Waals surface area contributed by atoms with E-state index in [0.717, 1.165) is 25.7 Å². The Kier molecular flexibility index (Phi) is 1.34. The van der Waals surface area contributed by atoms with Gasteiger partial charge in [-0.2, -0.15) is 0 Å². The van der Waals surface area contributed by atoms with Crippen LogP contribution in [0, 0.1) is 0 Å². The molecule has 1 fully saturated rings. The van der Waals surface area contributed by atoms with E-state index in [-0.39, 0.29) is 5.54 Å². The Bertz CT molecular complexity index is 96.7. The highest BCUT2D eigenvalue weighted by molar-refractivity contribution is 5.68. The molecule has 0 aromatic rings. The summed E-state index contributed by atoms with van der Waals surface area (Å²) in [6.45, 7) is 2.92. The van der Waals surface area contributed by atoms with Crippen LogP contribution in [0.5, 0.6) is 0 Å². The van der Waals surface area contributed by atoms with Crippen LogP contribution in [0.1, 0.15) is 19.8 Å². The average molecular weight is 113 g/mol. The fraction of sp³-hybridized carbons (Fsp3) is 0.833. The first kappa shape index (κ1) is 5.76. The fourth-order valence-electron chi connectivity index (χ4n) is 0.823. The zero-order chi connectivity index (χ0) is 6.04. The summed E-state index contributed by atoms with van der Waals surface area (Å²) in [7, 11) is 0. The number of rotatable bonds is 3. The summed E-state index contributed by atoms with van der Waals surface area (Å²) < 4.78 is 0. The lowest BCUT2D eigenvalue weighted by Gasteiger charge is -2.04. The summed E-state index contributed by atoms with van der Waals surface area (Å²) in [5, 5.41) is 3.11. The molecule has 0 aromatic heterocycles. The molecule has 1 saturated carbocycles. The summed E-state index contributed by atoms with van der Waals surface area (Å²) in [6, 6.07) is 0. The smallest absolute Gasteiger partial charge is 0.140 e. The lowest BCUT2D eigenvalue weighted by molar-refractivity contribution is -0.110. The van der Waals surface area contributed by atoms with E-state index < -0.39 is 0 Å². The van der Waals surface area contributed by atoms with Crippen molar-refractivity contribution in [3.05, 3.63) is 0 Å². The van der Waals surface area contributed by atoms with Gasteiger partial charge in [0.1, 0.15) is 6.29 Å². The van der Waals surface area contributed by atoms with Crippen LogP contribution in [0.15, 0.2) is 0 Å². The predicted molar refractivity (Wildman–Crippen MR) is 31.7 cm³/mol. The van der Waals surface area contributed by atoms with Crippen LogP contribution in [-0.4, -0.2) is 18.4 Å². The van der Waals surface area contributed by atoms with Crippen molar-refractivity contribution >= 4 is 6.29 Å². The second kappa shape index (κ2) is 1.86. The van der Waals surface area contributed by atoms with E-state index in [1.54, 1.807) is 0 Å². The molecule has 2 nitrogen and oxygen atoms in total. The topological polar surface area (TPSA) is 29.1 Å². The number of hydrogen-bond donors (Lipinski definition) is 1. The molecule has 1 rings (SSSR count). The molecule has 8 heavy (non-hydrogen) atoms. The van der Waals surface area contributed by atoms with Gasteiger partial charge in [0.25, 0.3) is 0 Å². The van der Waals surface area contributed by atoms with E-state index in [9.17, 15) is 4.79 Å². The van der Waals surface area contributed by atoms with Gasteiger partial charge in [-0.1, -0.05) is 6.92 Å². The maximum atomic E-state index is 10.2. The van der Waals surface area contributed by atoms with E-state index in [2.05, 4.69) is 5.32 Å². The SMILES string of the molecule is CCNC1(C=O)CC1. The van der Waals surface area contributed by atoms with Crippen LogP contribution in [0.2, 0.25) is 0 Å². The highest BCUT2D eigenvalue weighted by atomic mass is 16.1. The molecule has 0 aromatic carbocycles. The Morgan fingerprint density at radius 2 is 2.38 bits per heavy atom. The van der Waals surface area contributed by atoms with E-state index in [1.165, 1.54) is 0 Å². The lowest BCUT2D eigenvalue weighted by atomic mass is 10.3. The first-order valence-corrected chi connectivity index (χ1v) is 3.04. The third kappa shape index (κ3) is 0.892. The summed E-state index contributed by atoms with van der Waals surface area (Å²) in [6.07, 6.45) is 3.09. The number of nitrogens with one attached hydrogen (secondary N) is 1. The Morgan fingerprint density at radius 3 is 2.50 bits per heavy atom. The largest absolute Gasteiger partial charge is 0.305 e. The monoisotopic (exact) mass is 113 g/mol. The first-order valence-electron chi connectivity index (χ1n) is 3.04. The molecule has 1 N–H and O–H groups in total. The van der Waals surface area contributed by atoms with Crippen molar-refractivity contribution in [2.24, 2.45) is 0 Å². The number of aldehydes is 1. The Morgan fingerprint density at radius 1 is 1.75 bits per heavy atom. The van der Waals surface area contributed by atoms with Crippen LogP contribution in [0.25, 0.3) is 0 Å². The lowest BCUT2D eigenvalue weighted by Crippen LogP contribution is -2.32. The second-order valence-electron chi connectivity index (χ2n) is 2.30. The van der Waals surface area contributed by atoms with Gasteiger partial charge in [-0.3, -0.25) is 0 Å². The number of carbonyl (C=O) groups is 1. The summed E-state index contributed by atoms with van der Waals surface area (Å²) in [5.74, 6) is 0. The molecular formula is C6H11NO. The highest BCUT2D eigenvalue weighted by Gasteiger charge is 2.41. The zero-order valence-electron chi connectivity index (χ0n) is 5.11. The van der Waals surface area contributed by atoms with E-state index in [0.29, 0.717) is 0 Å². The average Bonchev–Trinajstić information content (AvgIpc) is 2.50. The Hall–Kier alpha value is -0.370. The van der Waals surface area contributed by atoms with Crippen molar-refractivity contribution in [2.75, 3.05) is 6.54 Å². The highest BCUT2D eigenvalue weighted by Crippen LogP contribution is 2.32. The van der Waals surface area contributed by atoms with Crippen LogP contribution in [-0.2, 0) is 4.79 Å². The molecule has 0 amide bonds. The molecule has 46 valence electrons. The molecule has 1 aliphatic rings. The van der Waals surface area contributed by atoms with Crippen molar-refractivity contribution < 1.29 is 4.79 Å². The van der Waals surface area contributed by atoms with Crippen molar-refractivity contribution in [3.8, 4) is 0 Å². The minimum absolute atomic E-state index is 0.0885.